The van der Waals surface area contributed by atoms with Gasteiger partial charge in [0.1, 0.15) is 17.7 Å². The van der Waals surface area contributed by atoms with Gasteiger partial charge in [-0.3, -0.25) is 4.79 Å². The molecule has 0 spiro atoms. The molecule has 2 N–H and O–H groups in total. The van der Waals surface area contributed by atoms with E-state index >= 15 is 0 Å². The van der Waals surface area contributed by atoms with Crippen molar-refractivity contribution in [1.29, 1.82) is 0 Å². The van der Waals surface area contributed by atoms with Crippen molar-refractivity contribution < 1.29 is 14.3 Å². The summed E-state index contributed by atoms with van der Waals surface area (Å²) in [5.74, 6) is -0.134. The van der Waals surface area contributed by atoms with Gasteiger partial charge in [-0.05, 0) is 53.5 Å². The summed E-state index contributed by atoms with van der Waals surface area (Å²) < 4.78 is 15.1. The fourth-order valence-electron chi connectivity index (χ4n) is 3.27. The number of aliphatic hydroxyl groups excluding tert-OH is 1. The van der Waals surface area contributed by atoms with Crippen molar-refractivity contribution in [2.75, 3.05) is 6.61 Å². The van der Waals surface area contributed by atoms with Gasteiger partial charge in [0.15, 0.2) is 0 Å². The average Bonchev–Trinajstić information content (AvgIpc) is 3.15. The first-order chi connectivity index (χ1) is 14.1. The van der Waals surface area contributed by atoms with Gasteiger partial charge in [-0.2, -0.15) is 0 Å². The summed E-state index contributed by atoms with van der Waals surface area (Å²) in [6.07, 6.45) is 1.39. The zero-order chi connectivity index (χ0) is 20.6. The van der Waals surface area contributed by atoms with Gasteiger partial charge in [-0.15, -0.1) is 5.10 Å². The number of carbonyl (C=O) groups excluding carboxylic acids is 1. The number of rotatable bonds is 9. The summed E-state index contributed by atoms with van der Waals surface area (Å²) in [7, 11) is 0. The van der Waals surface area contributed by atoms with E-state index in [0.29, 0.717) is 24.2 Å². The molecule has 2 atom stereocenters. The molecule has 8 heteroatoms. The average molecular weight is 397 g/mol. The van der Waals surface area contributed by atoms with Crippen LogP contribution in [0.1, 0.15) is 41.9 Å². The Morgan fingerprint density at radius 1 is 1.21 bits per heavy atom. The van der Waals surface area contributed by atoms with Crippen molar-refractivity contribution in [2.24, 2.45) is 0 Å². The lowest BCUT2D eigenvalue weighted by Gasteiger charge is -2.23. The van der Waals surface area contributed by atoms with Crippen LogP contribution in [0, 0.1) is 12.7 Å². The second-order valence-corrected chi connectivity index (χ2v) is 6.86. The van der Waals surface area contributed by atoms with E-state index in [1.165, 1.54) is 16.8 Å². The molecule has 0 saturated carbocycles. The lowest BCUT2D eigenvalue weighted by molar-refractivity contribution is -0.125. The Morgan fingerprint density at radius 3 is 2.66 bits per heavy atom. The number of nitrogens with zero attached hydrogens (tertiary/aromatic N) is 4. The van der Waals surface area contributed by atoms with E-state index in [1.54, 1.807) is 19.1 Å². The minimum atomic E-state index is -0.730. The van der Waals surface area contributed by atoms with E-state index in [0.717, 1.165) is 5.56 Å². The molecule has 0 aliphatic rings. The highest BCUT2D eigenvalue weighted by Crippen LogP contribution is 2.22. The highest BCUT2D eigenvalue weighted by Gasteiger charge is 2.27. The number of amides is 1. The van der Waals surface area contributed by atoms with Crippen LogP contribution in [0.3, 0.4) is 0 Å². The molecule has 1 heterocycles. The molecule has 0 fully saturated rings. The number of aromatic nitrogens is 4. The van der Waals surface area contributed by atoms with Crippen LogP contribution in [-0.2, 0) is 11.2 Å². The molecule has 0 saturated heterocycles. The predicted octanol–water partition coefficient (Wildman–Crippen LogP) is 2.53. The largest absolute Gasteiger partial charge is 0.396 e. The Labute approximate surface area is 168 Å². The first kappa shape index (κ1) is 20.6. The van der Waals surface area contributed by atoms with Gasteiger partial charge in [-0.1, -0.05) is 42.5 Å². The van der Waals surface area contributed by atoms with Gasteiger partial charge in [0, 0.05) is 13.0 Å². The second-order valence-electron chi connectivity index (χ2n) is 6.86. The molecule has 0 unspecified atom stereocenters. The number of benzene rings is 2. The van der Waals surface area contributed by atoms with Crippen molar-refractivity contribution in [3.63, 3.8) is 0 Å². The van der Waals surface area contributed by atoms with Gasteiger partial charge >= 0.3 is 0 Å². The van der Waals surface area contributed by atoms with Crippen molar-refractivity contribution in [2.45, 2.75) is 38.3 Å². The normalized spacial score (nSPS) is 13.1. The SMILES string of the molecule is Cc1nnnn1[C@@H](Cc1cccc(F)c1)C(=O)N[C@@H](CCCO)c1ccccc1. The highest BCUT2D eigenvalue weighted by atomic mass is 19.1. The Morgan fingerprint density at radius 2 is 2.00 bits per heavy atom. The fourth-order valence-corrected chi connectivity index (χ4v) is 3.27. The van der Waals surface area contributed by atoms with E-state index in [2.05, 4.69) is 20.8 Å². The third-order valence-corrected chi connectivity index (χ3v) is 4.74. The van der Waals surface area contributed by atoms with Crippen molar-refractivity contribution in [3.05, 3.63) is 77.4 Å². The summed E-state index contributed by atoms with van der Waals surface area (Å²) in [5, 5.41) is 23.8. The van der Waals surface area contributed by atoms with E-state index in [1.807, 2.05) is 30.3 Å². The predicted molar refractivity (Wildman–Crippen MR) is 105 cm³/mol. The Hall–Kier alpha value is -3.13. The number of hydrogen-bond donors (Lipinski definition) is 2. The van der Waals surface area contributed by atoms with E-state index in [-0.39, 0.29) is 30.8 Å². The Kier molecular flexibility index (Phi) is 7.02. The lowest BCUT2D eigenvalue weighted by Crippen LogP contribution is -2.37. The van der Waals surface area contributed by atoms with Crippen LogP contribution in [0.4, 0.5) is 4.39 Å². The second kappa shape index (κ2) is 9.88. The first-order valence-corrected chi connectivity index (χ1v) is 9.53. The number of tetrazole rings is 1. The molecule has 3 aromatic rings. The van der Waals surface area contributed by atoms with Crippen LogP contribution in [0.15, 0.2) is 54.6 Å². The van der Waals surface area contributed by atoms with E-state index in [4.69, 9.17) is 0 Å². The molecule has 1 aromatic heterocycles. The van der Waals surface area contributed by atoms with Gasteiger partial charge in [0.25, 0.3) is 0 Å². The van der Waals surface area contributed by atoms with Crippen LogP contribution in [-0.4, -0.2) is 37.8 Å². The number of hydrogen-bond acceptors (Lipinski definition) is 5. The summed E-state index contributed by atoms with van der Waals surface area (Å²) in [4.78, 5) is 13.2. The van der Waals surface area contributed by atoms with Crippen LogP contribution >= 0.6 is 0 Å². The van der Waals surface area contributed by atoms with Crippen LogP contribution in [0.2, 0.25) is 0 Å². The maximum Gasteiger partial charge on any atom is 0.245 e. The zero-order valence-corrected chi connectivity index (χ0v) is 16.2. The minimum absolute atomic E-state index is 0.0397. The van der Waals surface area contributed by atoms with Crippen molar-refractivity contribution in [3.8, 4) is 0 Å². The van der Waals surface area contributed by atoms with E-state index < -0.39 is 6.04 Å². The topological polar surface area (TPSA) is 92.9 Å². The van der Waals surface area contributed by atoms with Crippen molar-refractivity contribution in [1.82, 2.24) is 25.5 Å². The summed E-state index contributed by atoms with van der Waals surface area (Å²) in [6.45, 7) is 1.75. The van der Waals surface area contributed by atoms with Gasteiger partial charge in [-0.25, -0.2) is 9.07 Å². The maximum absolute atomic E-state index is 13.6. The summed E-state index contributed by atoms with van der Waals surface area (Å²) >= 11 is 0. The molecular formula is C21H24FN5O2. The molecule has 7 nitrogen and oxygen atoms in total. The first-order valence-electron chi connectivity index (χ1n) is 9.53. The van der Waals surface area contributed by atoms with E-state index in [9.17, 15) is 14.3 Å². The summed E-state index contributed by atoms with van der Waals surface area (Å²) in [5.41, 5.74) is 1.62. The molecule has 0 aliphatic carbocycles. The van der Waals surface area contributed by atoms with Crippen LogP contribution in [0.25, 0.3) is 0 Å². The molecule has 0 radical (unpaired) electrons. The maximum atomic E-state index is 13.6. The number of halogens is 1. The Bertz CT molecular complexity index is 932. The minimum Gasteiger partial charge on any atom is -0.396 e. The lowest BCUT2D eigenvalue weighted by atomic mass is 10.00. The highest BCUT2D eigenvalue weighted by molar-refractivity contribution is 5.81. The van der Waals surface area contributed by atoms with Gasteiger partial charge < -0.3 is 10.4 Å². The van der Waals surface area contributed by atoms with Gasteiger partial charge in [0.2, 0.25) is 5.91 Å². The third kappa shape index (κ3) is 5.45. The number of carbonyl (C=O) groups is 1. The monoisotopic (exact) mass is 397 g/mol. The quantitative estimate of drug-likeness (QED) is 0.579. The van der Waals surface area contributed by atoms with Crippen LogP contribution in [0.5, 0.6) is 0 Å². The molecule has 2 aromatic carbocycles. The smallest absolute Gasteiger partial charge is 0.245 e. The number of nitrogens with one attached hydrogen (secondary N) is 1. The fraction of sp³-hybridized carbons (Fsp3) is 0.333. The van der Waals surface area contributed by atoms with Crippen LogP contribution < -0.4 is 5.32 Å². The number of aryl methyl sites for hydroxylation is 1. The molecule has 0 aliphatic heterocycles. The molecule has 29 heavy (non-hydrogen) atoms. The van der Waals surface area contributed by atoms with Gasteiger partial charge in [0.05, 0.1) is 6.04 Å². The van der Waals surface area contributed by atoms with Crippen molar-refractivity contribution >= 4 is 5.91 Å². The molecule has 1 amide bonds. The molecular weight excluding hydrogens is 373 g/mol. The molecule has 3 rings (SSSR count). The zero-order valence-electron chi connectivity index (χ0n) is 16.2. The standard InChI is InChI=1S/C21H24FN5O2/c1-15-24-25-26-27(15)20(14-16-7-5-10-18(22)13-16)21(29)23-19(11-6-12-28)17-8-3-2-4-9-17/h2-5,7-10,13,19-20,28H,6,11-12,14H2,1H3,(H,23,29)/t19-,20-/m0/s1. The molecule has 152 valence electrons. The summed E-state index contributed by atoms with van der Waals surface area (Å²) in [6, 6.07) is 14.7. The molecule has 0 bridgehead atoms. The number of aliphatic hydroxyl groups is 1. The Balaban J connectivity index is 1.85. The third-order valence-electron chi connectivity index (χ3n) is 4.74.